The number of Topliss-reactive ketones (excluding diaryl/α,β-unsaturated/α-hetero) is 1. The van der Waals surface area contributed by atoms with Gasteiger partial charge in [-0.1, -0.05) is 46.3 Å². The highest BCUT2D eigenvalue weighted by molar-refractivity contribution is 6.11. The second-order valence-electron chi connectivity index (χ2n) is 8.75. The molecule has 0 saturated carbocycles. The van der Waals surface area contributed by atoms with E-state index >= 15 is 0 Å². The molecule has 3 N–H and O–H groups in total. The quantitative estimate of drug-likeness (QED) is 0.568. The average molecular weight is 351 g/mol. The molecule has 1 rings (SSSR count). The largest absolute Gasteiger partial charge is 0.467 e. The van der Waals surface area contributed by atoms with E-state index in [2.05, 4.69) is 25.2 Å². The van der Waals surface area contributed by atoms with Crippen molar-refractivity contribution in [3.63, 3.8) is 0 Å². The van der Waals surface area contributed by atoms with Crippen LogP contribution < -0.4 is 11.1 Å². The van der Waals surface area contributed by atoms with Crippen LogP contribution in [0, 0.1) is 11.3 Å². The Hall–Kier alpha value is -1.62. The zero-order valence-corrected chi connectivity index (χ0v) is 16.9. The Morgan fingerprint density at radius 1 is 1.36 bits per heavy atom. The van der Waals surface area contributed by atoms with Crippen LogP contribution in [0.25, 0.3) is 0 Å². The van der Waals surface area contributed by atoms with E-state index in [1.165, 1.54) is 7.11 Å². The monoisotopic (exact) mass is 350 g/mol. The molecule has 0 saturated heterocycles. The van der Waals surface area contributed by atoms with Gasteiger partial charge in [0.2, 0.25) is 0 Å². The lowest BCUT2D eigenvalue weighted by molar-refractivity contribution is -0.150. The lowest BCUT2D eigenvalue weighted by atomic mass is 9.66. The van der Waals surface area contributed by atoms with Crippen molar-refractivity contribution < 1.29 is 14.3 Å². The Morgan fingerprint density at radius 2 is 1.92 bits per heavy atom. The van der Waals surface area contributed by atoms with Gasteiger partial charge < -0.3 is 15.8 Å². The highest BCUT2D eigenvalue weighted by atomic mass is 16.5. The van der Waals surface area contributed by atoms with E-state index < -0.39 is 22.5 Å². The minimum absolute atomic E-state index is 0.110. The first kappa shape index (κ1) is 21.4. The first-order valence-corrected chi connectivity index (χ1v) is 8.85. The number of nitrogens with one attached hydrogen (secondary N) is 1. The molecule has 0 aliphatic carbocycles. The first-order chi connectivity index (χ1) is 11.3. The van der Waals surface area contributed by atoms with Gasteiger partial charge in [0, 0.05) is 11.8 Å². The summed E-state index contributed by atoms with van der Waals surface area (Å²) in [6.45, 7) is 13.7. The van der Waals surface area contributed by atoms with Gasteiger partial charge in [0.05, 0.1) is 7.11 Å². The van der Waals surface area contributed by atoms with Crippen molar-refractivity contribution in [2.75, 3.05) is 7.11 Å². The molecule has 0 aromatic carbocycles. The van der Waals surface area contributed by atoms with E-state index in [1.807, 2.05) is 34.6 Å². The van der Waals surface area contributed by atoms with Crippen LogP contribution in [0.4, 0.5) is 0 Å². The highest BCUT2D eigenvalue weighted by Gasteiger charge is 2.57. The van der Waals surface area contributed by atoms with Gasteiger partial charge in [-0.2, -0.15) is 0 Å². The Balaban J connectivity index is 3.38. The molecule has 0 radical (unpaired) electrons. The SMILES string of the molecule is COC(=O)C(N)(C1=CN[C@](CC=C(C)C)(CC(C)C)C1=O)C(C)(C)C. The molecular weight excluding hydrogens is 316 g/mol. The number of methoxy groups -OCH3 is 1. The van der Waals surface area contributed by atoms with Crippen molar-refractivity contribution in [1.82, 2.24) is 5.32 Å². The maximum absolute atomic E-state index is 13.4. The van der Waals surface area contributed by atoms with Crippen LogP contribution in [-0.4, -0.2) is 29.9 Å². The summed E-state index contributed by atoms with van der Waals surface area (Å²) in [7, 11) is 1.30. The zero-order chi connectivity index (χ0) is 19.6. The van der Waals surface area contributed by atoms with E-state index in [-0.39, 0.29) is 5.78 Å². The summed E-state index contributed by atoms with van der Waals surface area (Å²) in [5.74, 6) is -0.389. The predicted molar refractivity (Wildman–Crippen MR) is 101 cm³/mol. The van der Waals surface area contributed by atoms with Gasteiger partial charge in [0.15, 0.2) is 5.78 Å². The van der Waals surface area contributed by atoms with Crippen LogP contribution in [0.1, 0.15) is 61.3 Å². The normalized spacial score (nSPS) is 23.0. The minimum Gasteiger partial charge on any atom is -0.467 e. The number of rotatable bonds is 6. The number of nitrogens with two attached hydrogens (primary N) is 1. The molecule has 5 nitrogen and oxygen atoms in total. The summed E-state index contributed by atoms with van der Waals surface area (Å²) in [4.78, 5) is 26.0. The molecule has 0 aromatic rings. The smallest absolute Gasteiger partial charge is 0.331 e. The highest BCUT2D eigenvalue weighted by Crippen LogP contribution is 2.41. The molecule has 0 bridgehead atoms. The maximum atomic E-state index is 13.4. The Morgan fingerprint density at radius 3 is 2.32 bits per heavy atom. The molecule has 0 amide bonds. The Kier molecular flexibility index (Phi) is 6.27. The number of carbonyl (C=O) groups excluding carboxylic acids is 2. The molecule has 1 unspecified atom stereocenters. The molecule has 25 heavy (non-hydrogen) atoms. The molecular formula is C20H34N2O3. The van der Waals surface area contributed by atoms with Crippen LogP contribution in [0.2, 0.25) is 0 Å². The fourth-order valence-electron chi connectivity index (χ4n) is 3.34. The van der Waals surface area contributed by atoms with Crippen LogP contribution in [-0.2, 0) is 14.3 Å². The second-order valence-corrected chi connectivity index (χ2v) is 8.75. The third-order valence-corrected chi connectivity index (χ3v) is 4.90. The zero-order valence-electron chi connectivity index (χ0n) is 16.9. The fourth-order valence-corrected chi connectivity index (χ4v) is 3.34. The standard InChI is InChI=1S/C20H34N2O3/c1-13(2)9-10-19(11-14(3)4)16(23)15(12-22-19)20(21,17(24)25-8)18(5,6)7/h9,12,14,22H,10-11,21H2,1-8H3/t19-,20?/m1/s1. The fraction of sp³-hybridized carbons (Fsp3) is 0.700. The maximum Gasteiger partial charge on any atom is 0.331 e. The molecule has 1 heterocycles. The van der Waals surface area contributed by atoms with Crippen LogP contribution >= 0.6 is 0 Å². The predicted octanol–water partition coefficient (Wildman–Crippen LogP) is 3.10. The molecule has 2 atom stereocenters. The van der Waals surface area contributed by atoms with E-state index in [9.17, 15) is 9.59 Å². The van der Waals surface area contributed by atoms with E-state index in [0.29, 0.717) is 24.3 Å². The van der Waals surface area contributed by atoms with Crippen LogP contribution in [0.5, 0.6) is 0 Å². The number of carbonyl (C=O) groups is 2. The van der Waals surface area contributed by atoms with Crippen molar-refractivity contribution in [3.8, 4) is 0 Å². The van der Waals surface area contributed by atoms with Gasteiger partial charge in [-0.05, 0) is 38.0 Å². The third-order valence-electron chi connectivity index (χ3n) is 4.90. The number of ether oxygens (including phenoxy) is 1. The van der Waals surface area contributed by atoms with Gasteiger partial charge in [0.1, 0.15) is 11.1 Å². The molecule has 1 aliphatic heterocycles. The number of hydrogen-bond donors (Lipinski definition) is 2. The van der Waals surface area contributed by atoms with E-state index in [1.54, 1.807) is 6.20 Å². The lowest BCUT2D eigenvalue weighted by Crippen LogP contribution is -2.62. The van der Waals surface area contributed by atoms with Gasteiger partial charge in [-0.25, -0.2) is 4.79 Å². The van der Waals surface area contributed by atoms with Gasteiger partial charge in [0.25, 0.3) is 0 Å². The summed E-state index contributed by atoms with van der Waals surface area (Å²) in [6, 6.07) is 0. The molecule has 0 fully saturated rings. The lowest BCUT2D eigenvalue weighted by Gasteiger charge is -2.40. The number of esters is 1. The molecule has 0 aromatic heterocycles. The van der Waals surface area contributed by atoms with Crippen molar-refractivity contribution >= 4 is 11.8 Å². The Labute approximate surface area is 152 Å². The first-order valence-electron chi connectivity index (χ1n) is 8.85. The molecule has 0 spiro atoms. The van der Waals surface area contributed by atoms with Crippen LogP contribution in [0.15, 0.2) is 23.4 Å². The Bertz CT molecular complexity index is 595. The second kappa shape index (κ2) is 7.32. The van der Waals surface area contributed by atoms with E-state index in [0.717, 1.165) is 5.57 Å². The summed E-state index contributed by atoms with van der Waals surface area (Å²) < 4.78 is 4.95. The topological polar surface area (TPSA) is 81.4 Å². The number of allylic oxidation sites excluding steroid dienone is 1. The van der Waals surface area contributed by atoms with E-state index in [4.69, 9.17) is 10.5 Å². The van der Waals surface area contributed by atoms with Gasteiger partial charge in [-0.3, -0.25) is 4.79 Å². The van der Waals surface area contributed by atoms with Crippen LogP contribution in [0.3, 0.4) is 0 Å². The van der Waals surface area contributed by atoms with Crippen molar-refractivity contribution in [1.29, 1.82) is 0 Å². The summed E-state index contributed by atoms with van der Waals surface area (Å²) in [5, 5.41) is 3.27. The number of ketones is 1. The van der Waals surface area contributed by atoms with Gasteiger partial charge in [-0.15, -0.1) is 0 Å². The molecule has 142 valence electrons. The van der Waals surface area contributed by atoms with Crippen molar-refractivity contribution in [3.05, 3.63) is 23.4 Å². The summed E-state index contributed by atoms with van der Waals surface area (Å²) in [6.07, 6.45) is 4.91. The average Bonchev–Trinajstić information content (AvgIpc) is 2.79. The molecule has 5 heteroatoms. The van der Waals surface area contributed by atoms with Crippen molar-refractivity contribution in [2.45, 2.75) is 72.4 Å². The minimum atomic E-state index is -1.50. The summed E-state index contributed by atoms with van der Waals surface area (Å²) >= 11 is 0. The summed E-state index contributed by atoms with van der Waals surface area (Å²) in [5.41, 5.74) is 5.02. The molecule has 1 aliphatic rings. The van der Waals surface area contributed by atoms with Gasteiger partial charge >= 0.3 is 5.97 Å². The number of hydrogen-bond acceptors (Lipinski definition) is 5. The third kappa shape index (κ3) is 3.97. The van der Waals surface area contributed by atoms with Crippen molar-refractivity contribution in [2.24, 2.45) is 17.1 Å².